The number of carbonyl (C=O) groups is 2. The molecule has 1 aliphatic rings. The van der Waals surface area contributed by atoms with Gasteiger partial charge < -0.3 is 10.1 Å². The Morgan fingerprint density at radius 3 is 2.62 bits per heavy atom. The van der Waals surface area contributed by atoms with Gasteiger partial charge in [-0.15, -0.1) is 11.3 Å². The van der Waals surface area contributed by atoms with Crippen LogP contribution >= 0.6 is 11.3 Å². The first-order valence-electron chi connectivity index (χ1n) is 8.51. The van der Waals surface area contributed by atoms with Crippen LogP contribution < -0.4 is 5.32 Å². The summed E-state index contributed by atoms with van der Waals surface area (Å²) in [4.78, 5) is 28.0. The van der Waals surface area contributed by atoms with Crippen LogP contribution in [0.2, 0.25) is 0 Å². The Labute approximate surface area is 157 Å². The van der Waals surface area contributed by atoms with Gasteiger partial charge in [-0.2, -0.15) is 0 Å². The van der Waals surface area contributed by atoms with Crippen LogP contribution in [0.25, 0.3) is 5.57 Å². The van der Waals surface area contributed by atoms with Crippen molar-refractivity contribution in [1.82, 2.24) is 4.90 Å². The number of benzene rings is 1. The van der Waals surface area contributed by atoms with Crippen LogP contribution in [0.4, 0.5) is 5.69 Å². The third-order valence-corrected chi connectivity index (χ3v) is 5.42. The number of ether oxygens (including phenoxy) is 1. The molecule has 0 spiro atoms. The Bertz CT molecular complexity index is 856. The summed E-state index contributed by atoms with van der Waals surface area (Å²) in [6, 6.07) is 9.64. The second-order valence-electron chi connectivity index (χ2n) is 6.21. The number of hydrogen-bond donors (Lipinski definition) is 1. The first-order chi connectivity index (χ1) is 12.5. The summed E-state index contributed by atoms with van der Waals surface area (Å²) in [6.45, 7) is 4.87. The van der Waals surface area contributed by atoms with Gasteiger partial charge >= 0.3 is 0 Å². The molecule has 136 valence electrons. The smallest absolute Gasteiger partial charge is 0.278 e. The molecule has 26 heavy (non-hydrogen) atoms. The summed E-state index contributed by atoms with van der Waals surface area (Å²) in [5.74, 6) is -0.531. The van der Waals surface area contributed by atoms with Crippen molar-refractivity contribution in [2.24, 2.45) is 0 Å². The molecule has 3 rings (SSSR count). The van der Waals surface area contributed by atoms with Crippen molar-refractivity contribution in [3.05, 3.63) is 57.4 Å². The molecule has 0 saturated heterocycles. The maximum Gasteiger partial charge on any atom is 0.278 e. The van der Waals surface area contributed by atoms with E-state index in [1.54, 1.807) is 7.11 Å². The topological polar surface area (TPSA) is 58.6 Å². The summed E-state index contributed by atoms with van der Waals surface area (Å²) < 4.78 is 5.05. The van der Waals surface area contributed by atoms with Crippen molar-refractivity contribution in [2.45, 2.75) is 20.3 Å². The number of amides is 2. The average Bonchev–Trinajstić information content (AvgIpc) is 3.22. The number of nitrogens with zero attached hydrogens (tertiary/aromatic N) is 1. The Hall–Kier alpha value is -2.44. The standard InChI is InChI=1S/C20H22N2O3S/c1-13-7-4-8-15(14(13)2)21-18-17(16-9-5-12-26-16)19(23)22(20(18)24)10-6-11-25-3/h4-5,7-9,12,21H,6,10-11H2,1-3H3. The molecular weight excluding hydrogens is 348 g/mol. The van der Waals surface area contributed by atoms with Gasteiger partial charge in [-0.25, -0.2) is 0 Å². The molecule has 0 unspecified atom stereocenters. The van der Waals surface area contributed by atoms with E-state index < -0.39 is 0 Å². The van der Waals surface area contributed by atoms with Crippen LogP contribution in [0.3, 0.4) is 0 Å². The van der Waals surface area contributed by atoms with Crippen molar-refractivity contribution in [2.75, 3.05) is 25.6 Å². The number of hydrogen-bond acceptors (Lipinski definition) is 5. The van der Waals surface area contributed by atoms with Gasteiger partial charge in [0.15, 0.2) is 0 Å². The highest BCUT2D eigenvalue weighted by Crippen LogP contribution is 2.33. The molecule has 0 fully saturated rings. The Balaban J connectivity index is 1.98. The van der Waals surface area contributed by atoms with Crippen LogP contribution in [0, 0.1) is 13.8 Å². The Kier molecular flexibility index (Phi) is 5.54. The minimum atomic E-state index is -0.282. The molecule has 2 heterocycles. The highest BCUT2D eigenvalue weighted by atomic mass is 32.1. The van der Waals surface area contributed by atoms with Crippen molar-refractivity contribution in [3.8, 4) is 0 Å². The van der Waals surface area contributed by atoms with E-state index >= 15 is 0 Å². The van der Waals surface area contributed by atoms with Crippen LogP contribution in [-0.4, -0.2) is 37.0 Å². The van der Waals surface area contributed by atoms with E-state index in [2.05, 4.69) is 5.32 Å². The van der Waals surface area contributed by atoms with Crippen molar-refractivity contribution < 1.29 is 14.3 Å². The summed E-state index contributed by atoms with van der Waals surface area (Å²) in [5.41, 5.74) is 3.83. The second-order valence-corrected chi connectivity index (χ2v) is 7.16. The van der Waals surface area contributed by atoms with Crippen LogP contribution in [0.5, 0.6) is 0 Å². The molecule has 0 aliphatic carbocycles. The summed E-state index contributed by atoms with van der Waals surface area (Å²) >= 11 is 1.46. The first kappa shape index (κ1) is 18.4. The minimum Gasteiger partial charge on any atom is -0.385 e. The molecule has 1 aliphatic heterocycles. The highest BCUT2D eigenvalue weighted by molar-refractivity contribution is 7.11. The largest absolute Gasteiger partial charge is 0.385 e. The van der Waals surface area contributed by atoms with Gasteiger partial charge in [0.1, 0.15) is 5.70 Å². The van der Waals surface area contributed by atoms with Gasteiger partial charge in [0, 0.05) is 30.8 Å². The lowest BCUT2D eigenvalue weighted by atomic mass is 10.1. The maximum atomic E-state index is 13.0. The minimum absolute atomic E-state index is 0.249. The monoisotopic (exact) mass is 370 g/mol. The highest BCUT2D eigenvalue weighted by Gasteiger charge is 2.39. The Morgan fingerprint density at radius 1 is 1.12 bits per heavy atom. The van der Waals surface area contributed by atoms with Gasteiger partial charge in [0.2, 0.25) is 0 Å². The predicted octanol–water partition coefficient (Wildman–Crippen LogP) is 3.59. The number of rotatable bonds is 7. The molecule has 2 amide bonds. The normalized spacial score (nSPS) is 14.5. The number of imide groups is 1. The number of aryl methyl sites for hydroxylation is 1. The average molecular weight is 370 g/mol. The van der Waals surface area contributed by atoms with Crippen LogP contribution in [0.1, 0.15) is 22.4 Å². The SMILES string of the molecule is COCCCN1C(=O)C(Nc2cccc(C)c2C)=C(c2cccs2)C1=O. The zero-order valence-corrected chi connectivity index (χ0v) is 16.0. The number of anilines is 1. The number of carbonyl (C=O) groups excluding carboxylic acids is 2. The lowest BCUT2D eigenvalue weighted by Gasteiger charge is -2.15. The molecule has 0 radical (unpaired) electrons. The van der Waals surface area contributed by atoms with E-state index in [0.29, 0.717) is 30.8 Å². The zero-order chi connectivity index (χ0) is 18.7. The van der Waals surface area contributed by atoms with E-state index in [-0.39, 0.29) is 11.8 Å². The molecule has 1 aromatic carbocycles. The van der Waals surface area contributed by atoms with E-state index in [4.69, 9.17) is 4.74 Å². The third kappa shape index (κ3) is 3.43. The van der Waals surface area contributed by atoms with Gasteiger partial charge in [-0.3, -0.25) is 14.5 Å². The Morgan fingerprint density at radius 2 is 1.92 bits per heavy atom. The second kappa shape index (κ2) is 7.85. The number of nitrogens with one attached hydrogen (secondary N) is 1. The molecule has 6 heteroatoms. The van der Waals surface area contributed by atoms with E-state index in [0.717, 1.165) is 21.7 Å². The molecule has 2 aromatic rings. The van der Waals surface area contributed by atoms with Crippen LogP contribution in [-0.2, 0) is 14.3 Å². The summed E-state index contributed by atoms with van der Waals surface area (Å²) in [6.07, 6.45) is 0.614. The van der Waals surface area contributed by atoms with Crippen molar-refractivity contribution in [1.29, 1.82) is 0 Å². The number of thiophene rings is 1. The quantitative estimate of drug-likeness (QED) is 0.598. The van der Waals surface area contributed by atoms with E-state index in [1.807, 2.05) is 49.6 Å². The fourth-order valence-corrected chi connectivity index (χ4v) is 3.70. The fraction of sp³-hybridized carbons (Fsp3) is 0.300. The molecule has 0 saturated carbocycles. The molecular formula is C20H22N2O3S. The molecule has 0 bridgehead atoms. The molecule has 1 N–H and O–H groups in total. The zero-order valence-electron chi connectivity index (χ0n) is 15.2. The van der Waals surface area contributed by atoms with E-state index in [1.165, 1.54) is 16.2 Å². The first-order valence-corrected chi connectivity index (χ1v) is 9.39. The lowest BCUT2D eigenvalue weighted by Crippen LogP contribution is -2.33. The summed E-state index contributed by atoms with van der Waals surface area (Å²) in [7, 11) is 1.61. The predicted molar refractivity (Wildman–Crippen MR) is 104 cm³/mol. The van der Waals surface area contributed by atoms with Crippen molar-refractivity contribution in [3.63, 3.8) is 0 Å². The lowest BCUT2D eigenvalue weighted by molar-refractivity contribution is -0.136. The number of methoxy groups -OCH3 is 1. The third-order valence-electron chi connectivity index (χ3n) is 4.53. The van der Waals surface area contributed by atoms with Crippen molar-refractivity contribution >= 4 is 34.4 Å². The molecule has 0 atom stereocenters. The van der Waals surface area contributed by atoms with Gasteiger partial charge in [0.05, 0.1) is 5.57 Å². The van der Waals surface area contributed by atoms with Gasteiger partial charge in [-0.05, 0) is 48.9 Å². The maximum absolute atomic E-state index is 13.0. The van der Waals surface area contributed by atoms with Crippen LogP contribution in [0.15, 0.2) is 41.4 Å². The molecule has 1 aromatic heterocycles. The van der Waals surface area contributed by atoms with E-state index in [9.17, 15) is 9.59 Å². The summed E-state index contributed by atoms with van der Waals surface area (Å²) in [5, 5.41) is 5.14. The van der Waals surface area contributed by atoms with Gasteiger partial charge in [-0.1, -0.05) is 18.2 Å². The van der Waals surface area contributed by atoms with Gasteiger partial charge in [0.25, 0.3) is 11.8 Å². The fourth-order valence-electron chi connectivity index (χ4n) is 2.93. The molecule has 5 nitrogen and oxygen atoms in total.